The lowest BCUT2D eigenvalue weighted by Gasteiger charge is -2.10. The molecule has 136 valence electrons. The summed E-state index contributed by atoms with van der Waals surface area (Å²) in [5.74, 6) is -0.438. The average molecular weight is 373 g/mol. The Bertz CT molecular complexity index is 1190. The van der Waals surface area contributed by atoms with Gasteiger partial charge >= 0.3 is 6.18 Å². The molecule has 8 heteroatoms. The quantitative estimate of drug-likeness (QED) is 0.525. The summed E-state index contributed by atoms with van der Waals surface area (Å²) >= 11 is 0. The summed E-state index contributed by atoms with van der Waals surface area (Å²) in [4.78, 5) is 18.9. The first-order valence-corrected chi connectivity index (χ1v) is 7.87. The number of H-pyrrole nitrogens is 1. The highest BCUT2D eigenvalue weighted by molar-refractivity contribution is 5.94. The van der Waals surface area contributed by atoms with Crippen molar-refractivity contribution in [3.05, 3.63) is 82.8 Å². The Morgan fingerprint density at radius 1 is 1.04 bits per heavy atom. The molecule has 0 spiro atoms. The van der Waals surface area contributed by atoms with E-state index in [-0.39, 0.29) is 16.7 Å². The topological polar surface area (TPSA) is 50.7 Å². The van der Waals surface area contributed by atoms with Crippen molar-refractivity contribution in [2.45, 2.75) is 6.18 Å². The van der Waals surface area contributed by atoms with Crippen molar-refractivity contribution in [1.29, 1.82) is 0 Å². The van der Waals surface area contributed by atoms with E-state index in [0.717, 1.165) is 12.1 Å². The normalized spacial score (nSPS) is 11.9. The predicted molar refractivity (Wildman–Crippen MR) is 92.1 cm³/mol. The molecular formula is C19H11F4N3O. The Balaban J connectivity index is 1.99. The van der Waals surface area contributed by atoms with E-state index >= 15 is 0 Å². The first-order chi connectivity index (χ1) is 12.8. The van der Waals surface area contributed by atoms with E-state index in [1.807, 2.05) is 0 Å². The molecule has 0 bridgehead atoms. The van der Waals surface area contributed by atoms with Gasteiger partial charge < -0.3 is 9.55 Å². The van der Waals surface area contributed by atoms with Crippen LogP contribution in [0.15, 0.2) is 65.8 Å². The summed E-state index contributed by atoms with van der Waals surface area (Å²) in [6.45, 7) is 0. The molecule has 2 aromatic heterocycles. The molecule has 0 saturated carbocycles. The van der Waals surface area contributed by atoms with Crippen LogP contribution in [0.25, 0.3) is 27.8 Å². The Morgan fingerprint density at radius 2 is 1.78 bits per heavy atom. The van der Waals surface area contributed by atoms with E-state index in [0.29, 0.717) is 11.1 Å². The zero-order chi connectivity index (χ0) is 19.2. The summed E-state index contributed by atoms with van der Waals surface area (Å²) < 4.78 is 53.8. The summed E-state index contributed by atoms with van der Waals surface area (Å²) in [6.07, 6.45) is -1.79. The number of nitrogens with zero attached hydrogens (tertiary/aromatic N) is 2. The van der Waals surface area contributed by atoms with Crippen molar-refractivity contribution in [1.82, 2.24) is 14.5 Å². The maximum absolute atomic E-state index is 13.2. The lowest BCUT2D eigenvalue weighted by molar-refractivity contribution is -0.137. The van der Waals surface area contributed by atoms with Crippen LogP contribution in [0.5, 0.6) is 0 Å². The van der Waals surface area contributed by atoms with Gasteiger partial charge in [0, 0.05) is 17.4 Å². The molecule has 0 fully saturated rings. The minimum atomic E-state index is -4.50. The lowest BCUT2D eigenvalue weighted by atomic mass is 10.1. The minimum absolute atomic E-state index is 0.206. The van der Waals surface area contributed by atoms with Gasteiger partial charge in [0.15, 0.2) is 5.65 Å². The molecule has 0 radical (unpaired) electrons. The monoisotopic (exact) mass is 373 g/mol. The minimum Gasteiger partial charge on any atom is -0.312 e. The molecule has 0 aliphatic carbocycles. The molecule has 4 aromatic rings. The smallest absolute Gasteiger partial charge is 0.312 e. The second kappa shape index (κ2) is 6.08. The number of rotatable bonds is 2. The second-order valence-electron chi connectivity index (χ2n) is 5.90. The van der Waals surface area contributed by atoms with Crippen LogP contribution in [-0.2, 0) is 6.18 Å². The van der Waals surface area contributed by atoms with Gasteiger partial charge in [0.2, 0.25) is 0 Å². The van der Waals surface area contributed by atoms with Crippen molar-refractivity contribution in [3.8, 4) is 16.8 Å². The van der Waals surface area contributed by atoms with Crippen molar-refractivity contribution >= 4 is 11.0 Å². The van der Waals surface area contributed by atoms with E-state index in [1.165, 1.54) is 53.5 Å². The molecule has 0 atom stereocenters. The highest BCUT2D eigenvalue weighted by Crippen LogP contribution is 2.33. The van der Waals surface area contributed by atoms with Crippen LogP contribution in [0.2, 0.25) is 0 Å². The maximum atomic E-state index is 13.2. The van der Waals surface area contributed by atoms with Crippen LogP contribution in [0.3, 0.4) is 0 Å². The van der Waals surface area contributed by atoms with Gasteiger partial charge in [0.1, 0.15) is 5.82 Å². The van der Waals surface area contributed by atoms with Crippen molar-refractivity contribution in [2.75, 3.05) is 0 Å². The Labute approximate surface area is 149 Å². The number of fused-ring (bicyclic) bond motifs is 1. The molecule has 2 aromatic carbocycles. The van der Waals surface area contributed by atoms with Crippen LogP contribution >= 0.6 is 0 Å². The van der Waals surface area contributed by atoms with Crippen molar-refractivity contribution < 1.29 is 17.6 Å². The fraction of sp³-hybridized carbons (Fsp3) is 0.0526. The van der Waals surface area contributed by atoms with Gasteiger partial charge in [-0.05, 0) is 35.9 Å². The van der Waals surface area contributed by atoms with E-state index in [1.54, 1.807) is 0 Å². The molecule has 1 N–H and O–H groups in total. The first-order valence-electron chi connectivity index (χ1n) is 7.87. The van der Waals surface area contributed by atoms with Gasteiger partial charge in [-0.15, -0.1) is 0 Å². The fourth-order valence-electron chi connectivity index (χ4n) is 2.95. The van der Waals surface area contributed by atoms with E-state index < -0.39 is 23.1 Å². The third kappa shape index (κ3) is 2.99. The number of hydrogen-bond donors (Lipinski definition) is 1. The van der Waals surface area contributed by atoms with Crippen LogP contribution in [-0.4, -0.2) is 14.5 Å². The number of alkyl halides is 3. The SMILES string of the molecule is O=c1[nH]cnc2c1c(-c1ccc(F)cc1)cn2-c1cccc(C(F)(F)F)c1. The van der Waals surface area contributed by atoms with Crippen LogP contribution in [0.1, 0.15) is 5.56 Å². The Morgan fingerprint density at radius 3 is 2.48 bits per heavy atom. The first kappa shape index (κ1) is 17.0. The Hall–Kier alpha value is -3.42. The highest BCUT2D eigenvalue weighted by atomic mass is 19.4. The number of hydrogen-bond acceptors (Lipinski definition) is 2. The number of aromatic nitrogens is 3. The molecule has 27 heavy (non-hydrogen) atoms. The highest BCUT2D eigenvalue weighted by Gasteiger charge is 2.30. The van der Waals surface area contributed by atoms with Gasteiger partial charge in [-0.25, -0.2) is 9.37 Å². The third-order valence-electron chi connectivity index (χ3n) is 4.20. The number of nitrogens with one attached hydrogen (secondary N) is 1. The molecule has 0 aliphatic rings. The number of aromatic amines is 1. The van der Waals surface area contributed by atoms with Crippen LogP contribution in [0, 0.1) is 5.82 Å². The molecule has 0 aliphatic heterocycles. The molecule has 0 amide bonds. The molecule has 4 rings (SSSR count). The Kier molecular flexibility index (Phi) is 3.83. The fourth-order valence-corrected chi connectivity index (χ4v) is 2.95. The van der Waals surface area contributed by atoms with Crippen LogP contribution < -0.4 is 5.56 Å². The summed E-state index contributed by atoms with van der Waals surface area (Å²) in [7, 11) is 0. The van der Waals surface area contributed by atoms with Gasteiger partial charge in [-0.3, -0.25) is 4.79 Å². The van der Waals surface area contributed by atoms with Crippen molar-refractivity contribution in [3.63, 3.8) is 0 Å². The zero-order valence-electron chi connectivity index (χ0n) is 13.6. The summed E-state index contributed by atoms with van der Waals surface area (Å²) in [6, 6.07) is 10.2. The van der Waals surface area contributed by atoms with Gasteiger partial charge in [-0.2, -0.15) is 13.2 Å². The molecule has 2 heterocycles. The second-order valence-corrected chi connectivity index (χ2v) is 5.90. The van der Waals surface area contributed by atoms with Gasteiger partial charge in [0.05, 0.1) is 17.3 Å². The van der Waals surface area contributed by atoms with E-state index in [2.05, 4.69) is 9.97 Å². The van der Waals surface area contributed by atoms with E-state index in [9.17, 15) is 22.4 Å². The largest absolute Gasteiger partial charge is 0.416 e. The standard InChI is InChI=1S/C19H11F4N3O/c20-13-6-4-11(5-7-13)15-9-26(17-16(15)18(27)25-10-24-17)14-3-1-2-12(8-14)19(21,22)23/h1-10H,(H,24,25,27). The lowest BCUT2D eigenvalue weighted by Crippen LogP contribution is -2.08. The number of halogens is 4. The summed E-state index contributed by atoms with van der Waals surface area (Å²) in [5, 5.41) is 0.210. The maximum Gasteiger partial charge on any atom is 0.416 e. The third-order valence-corrected chi connectivity index (χ3v) is 4.20. The van der Waals surface area contributed by atoms with Gasteiger partial charge in [0.25, 0.3) is 5.56 Å². The van der Waals surface area contributed by atoms with Gasteiger partial charge in [-0.1, -0.05) is 18.2 Å². The van der Waals surface area contributed by atoms with Crippen LogP contribution in [0.4, 0.5) is 17.6 Å². The van der Waals surface area contributed by atoms with E-state index in [4.69, 9.17) is 0 Å². The van der Waals surface area contributed by atoms with Crippen molar-refractivity contribution in [2.24, 2.45) is 0 Å². The average Bonchev–Trinajstić information content (AvgIpc) is 3.03. The molecule has 4 nitrogen and oxygen atoms in total. The zero-order valence-corrected chi connectivity index (χ0v) is 13.6. The summed E-state index contributed by atoms with van der Waals surface area (Å²) in [5.41, 5.74) is 0.154. The number of benzene rings is 2. The predicted octanol–water partition coefficient (Wildman–Crippen LogP) is 4.54. The molecule has 0 saturated heterocycles. The molecule has 0 unspecified atom stereocenters. The molecular weight excluding hydrogens is 362 g/mol.